The van der Waals surface area contributed by atoms with Gasteiger partial charge in [-0.2, -0.15) is 0 Å². The van der Waals surface area contributed by atoms with E-state index in [2.05, 4.69) is 34.3 Å². The molecule has 19 heavy (non-hydrogen) atoms. The number of allylic oxidation sites excluding steroid dienone is 1. The lowest BCUT2D eigenvalue weighted by Gasteiger charge is -2.28. The Labute approximate surface area is 123 Å². The third kappa shape index (κ3) is 5.20. The summed E-state index contributed by atoms with van der Waals surface area (Å²) in [6, 6.07) is 7.94. The molecule has 0 bridgehead atoms. The van der Waals surface area contributed by atoms with Crippen molar-refractivity contribution >= 4 is 15.9 Å². The van der Waals surface area contributed by atoms with Crippen molar-refractivity contribution in [1.82, 2.24) is 0 Å². The first kappa shape index (κ1) is 16.0. The van der Waals surface area contributed by atoms with Crippen LogP contribution in [0.3, 0.4) is 0 Å². The Kier molecular flexibility index (Phi) is 5.37. The van der Waals surface area contributed by atoms with Gasteiger partial charge in [0.25, 0.3) is 0 Å². The minimum atomic E-state index is -0.680. The Balaban J connectivity index is 2.75. The Morgan fingerprint density at radius 2 is 1.68 bits per heavy atom. The number of rotatable bonds is 4. The largest absolute Gasteiger partial charge is 0.224 e. The summed E-state index contributed by atoms with van der Waals surface area (Å²) in [5.41, 5.74) is -0.197. The van der Waals surface area contributed by atoms with E-state index in [1.165, 1.54) is 6.08 Å². The zero-order chi connectivity index (χ0) is 14.5. The second-order valence-corrected chi connectivity index (χ2v) is 6.08. The van der Waals surface area contributed by atoms with E-state index in [1.54, 1.807) is 0 Å². The van der Waals surface area contributed by atoms with Gasteiger partial charge in [0, 0.05) is 4.47 Å². The molecule has 1 aromatic rings. The molecule has 0 aromatic heterocycles. The molecule has 1 aromatic carbocycles. The summed E-state index contributed by atoms with van der Waals surface area (Å²) in [5.74, 6) is 5.69. The third-order valence-corrected chi connectivity index (χ3v) is 3.00. The van der Waals surface area contributed by atoms with E-state index in [9.17, 15) is 0 Å². The molecule has 0 aliphatic carbocycles. The summed E-state index contributed by atoms with van der Waals surface area (Å²) < 4.78 is 1.03. The van der Waals surface area contributed by atoms with Gasteiger partial charge in [0.15, 0.2) is 5.60 Å². The summed E-state index contributed by atoms with van der Waals surface area (Å²) >= 11 is 3.41. The van der Waals surface area contributed by atoms with Gasteiger partial charge in [-0.1, -0.05) is 46.5 Å². The van der Waals surface area contributed by atoms with Crippen LogP contribution in [0.1, 0.15) is 33.3 Å². The lowest BCUT2D eigenvalue weighted by molar-refractivity contribution is -0.393. The number of hydrogen-bond acceptors (Lipinski definition) is 2. The molecule has 0 aliphatic heterocycles. The number of halogens is 1. The maximum Gasteiger partial charge on any atom is 0.158 e. The lowest BCUT2D eigenvalue weighted by atomic mass is 9.99. The second-order valence-electron chi connectivity index (χ2n) is 5.17. The average Bonchev–Trinajstić information content (AvgIpc) is 2.35. The molecule has 0 amide bonds. The van der Waals surface area contributed by atoms with E-state index in [-0.39, 0.29) is 0 Å². The van der Waals surface area contributed by atoms with Gasteiger partial charge >= 0.3 is 0 Å². The summed E-state index contributed by atoms with van der Waals surface area (Å²) in [5, 5.41) is 0. The van der Waals surface area contributed by atoms with Crippen molar-refractivity contribution in [2.75, 3.05) is 0 Å². The van der Waals surface area contributed by atoms with Crippen molar-refractivity contribution in [2.24, 2.45) is 0 Å². The molecule has 0 spiro atoms. The van der Waals surface area contributed by atoms with Crippen molar-refractivity contribution in [1.29, 1.82) is 0 Å². The zero-order valence-corrected chi connectivity index (χ0v) is 13.4. The Bertz CT molecular complexity index is 490. The molecule has 0 aliphatic rings. The highest BCUT2D eigenvalue weighted by Gasteiger charge is 2.27. The topological polar surface area (TPSA) is 18.5 Å². The highest BCUT2D eigenvalue weighted by atomic mass is 79.9. The lowest BCUT2D eigenvalue weighted by Crippen LogP contribution is -2.30. The SMILES string of the molecule is C=CC#CC(C)(C)OOC(C)(C)c1ccc(Br)cc1. The molecular formula is C16H19BrO2. The van der Waals surface area contributed by atoms with E-state index in [1.807, 2.05) is 52.0 Å². The summed E-state index contributed by atoms with van der Waals surface area (Å²) in [4.78, 5) is 11.0. The monoisotopic (exact) mass is 322 g/mol. The van der Waals surface area contributed by atoms with Crippen LogP contribution in [0.15, 0.2) is 41.4 Å². The Hall–Kier alpha value is -1.08. The van der Waals surface area contributed by atoms with Crippen LogP contribution in [0, 0.1) is 11.8 Å². The van der Waals surface area contributed by atoms with Gasteiger partial charge in [-0.25, -0.2) is 9.78 Å². The van der Waals surface area contributed by atoms with Crippen molar-refractivity contribution in [3.63, 3.8) is 0 Å². The number of hydrogen-bond donors (Lipinski definition) is 0. The standard InChI is InChI=1S/C16H19BrO2/c1-6-7-12-15(2,3)18-19-16(4,5)13-8-10-14(17)11-9-13/h6,8-11H,1H2,2-5H3. The fraction of sp³-hybridized carbons (Fsp3) is 0.375. The van der Waals surface area contributed by atoms with Gasteiger partial charge in [0.2, 0.25) is 0 Å². The molecular weight excluding hydrogens is 304 g/mol. The maximum absolute atomic E-state index is 5.57. The first-order valence-electron chi connectivity index (χ1n) is 6.03. The molecule has 0 fully saturated rings. The molecule has 1 rings (SSSR count). The molecule has 0 saturated heterocycles. The van der Waals surface area contributed by atoms with Crippen LogP contribution >= 0.6 is 15.9 Å². The minimum absolute atomic E-state index is 0.548. The predicted octanol–water partition coefficient (Wildman–Crippen LogP) is 4.60. The number of benzene rings is 1. The highest BCUT2D eigenvalue weighted by molar-refractivity contribution is 9.10. The molecule has 2 nitrogen and oxygen atoms in total. The quantitative estimate of drug-likeness (QED) is 0.458. The molecule has 0 radical (unpaired) electrons. The van der Waals surface area contributed by atoms with Crippen LogP contribution < -0.4 is 0 Å². The first-order chi connectivity index (χ1) is 8.77. The van der Waals surface area contributed by atoms with Gasteiger partial charge in [-0.3, -0.25) is 0 Å². The summed E-state index contributed by atoms with van der Waals surface area (Å²) in [6.07, 6.45) is 1.53. The van der Waals surface area contributed by atoms with Crippen molar-refractivity contribution in [2.45, 2.75) is 38.9 Å². The Morgan fingerprint density at radius 3 is 2.21 bits per heavy atom. The third-order valence-electron chi connectivity index (χ3n) is 2.47. The van der Waals surface area contributed by atoms with E-state index < -0.39 is 11.2 Å². The van der Waals surface area contributed by atoms with E-state index in [0.29, 0.717) is 0 Å². The fourth-order valence-corrected chi connectivity index (χ4v) is 1.62. The Morgan fingerprint density at radius 1 is 1.11 bits per heavy atom. The summed E-state index contributed by atoms with van der Waals surface area (Å²) in [6.45, 7) is 11.2. The van der Waals surface area contributed by atoms with Crippen molar-refractivity contribution in [3.05, 3.63) is 47.0 Å². The summed E-state index contributed by atoms with van der Waals surface area (Å²) in [7, 11) is 0. The highest BCUT2D eigenvalue weighted by Crippen LogP contribution is 2.28. The van der Waals surface area contributed by atoms with Crippen molar-refractivity contribution in [3.8, 4) is 11.8 Å². The van der Waals surface area contributed by atoms with E-state index >= 15 is 0 Å². The minimum Gasteiger partial charge on any atom is -0.224 e. The normalized spacial score (nSPS) is 11.6. The smallest absolute Gasteiger partial charge is 0.158 e. The van der Waals surface area contributed by atoms with Crippen LogP contribution in [0.2, 0.25) is 0 Å². The van der Waals surface area contributed by atoms with Gasteiger partial charge < -0.3 is 0 Å². The van der Waals surface area contributed by atoms with Crippen LogP contribution in [-0.4, -0.2) is 5.60 Å². The molecule has 0 unspecified atom stereocenters. The van der Waals surface area contributed by atoms with Gasteiger partial charge in [0.1, 0.15) is 5.60 Å². The molecule has 0 N–H and O–H groups in total. The van der Waals surface area contributed by atoms with Crippen LogP contribution in [0.25, 0.3) is 0 Å². The zero-order valence-electron chi connectivity index (χ0n) is 11.8. The predicted molar refractivity (Wildman–Crippen MR) is 81.4 cm³/mol. The van der Waals surface area contributed by atoms with Crippen molar-refractivity contribution < 1.29 is 9.78 Å². The van der Waals surface area contributed by atoms with Gasteiger partial charge in [-0.15, -0.1) is 0 Å². The van der Waals surface area contributed by atoms with Crippen LogP contribution in [0.4, 0.5) is 0 Å². The fourth-order valence-electron chi connectivity index (χ4n) is 1.35. The molecule has 0 heterocycles. The van der Waals surface area contributed by atoms with Crippen LogP contribution in [-0.2, 0) is 15.4 Å². The van der Waals surface area contributed by atoms with E-state index in [4.69, 9.17) is 9.78 Å². The maximum atomic E-state index is 5.57. The van der Waals surface area contributed by atoms with Crippen LogP contribution in [0.5, 0.6) is 0 Å². The van der Waals surface area contributed by atoms with Gasteiger partial charge in [-0.05, 0) is 51.5 Å². The molecule has 0 atom stereocenters. The van der Waals surface area contributed by atoms with E-state index in [0.717, 1.165) is 10.0 Å². The average molecular weight is 323 g/mol. The molecule has 102 valence electrons. The van der Waals surface area contributed by atoms with Gasteiger partial charge in [0.05, 0.1) is 0 Å². The second kappa shape index (κ2) is 6.38. The molecule has 0 saturated carbocycles. The first-order valence-corrected chi connectivity index (χ1v) is 6.83. The molecule has 3 heteroatoms.